The van der Waals surface area contributed by atoms with Crippen LogP contribution in [0.1, 0.15) is 23.6 Å². The van der Waals surface area contributed by atoms with E-state index in [0.29, 0.717) is 16.3 Å². The van der Waals surface area contributed by atoms with Crippen LogP contribution >= 0.6 is 11.6 Å². The molecule has 1 heterocycles. The van der Waals surface area contributed by atoms with Crippen LogP contribution in [0.3, 0.4) is 0 Å². The molecule has 0 saturated carbocycles. The van der Waals surface area contributed by atoms with E-state index in [1.165, 1.54) is 14.9 Å². The Labute approximate surface area is 150 Å². The first-order valence-electron chi connectivity index (χ1n) is 8.00. The lowest BCUT2D eigenvalue weighted by molar-refractivity contribution is 0.302. The van der Waals surface area contributed by atoms with Gasteiger partial charge in [0, 0.05) is 17.6 Å². The normalized spacial score (nSPS) is 10.9. The van der Waals surface area contributed by atoms with Crippen molar-refractivity contribution in [2.45, 2.75) is 26.9 Å². The Balaban J connectivity index is 1.96. The van der Waals surface area contributed by atoms with Crippen LogP contribution in [0.4, 0.5) is 0 Å². The summed E-state index contributed by atoms with van der Waals surface area (Å²) >= 11 is 6.35. The first-order valence-corrected chi connectivity index (χ1v) is 8.38. The van der Waals surface area contributed by atoms with Gasteiger partial charge in [0.05, 0.1) is 5.69 Å². The van der Waals surface area contributed by atoms with Crippen LogP contribution < -0.4 is 10.4 Å². The van der Waals surface area contributed by atoms with Gasteiger partial charge in [0.2, 0.25) is 0 Å². The third kappa shape index (κ3) is 3.44. The van der Waals surface area contributed by atoms with Gasteiger partial charge < -0.3 is 4.74 Å². The Bertz CT molecular complexity index is 962. The minimum Gasteiger partial charge on any atom is -0.488 e. The summed E-state index contributed by atoms with van der Waals surface area (Å²) in [4.78, 5) is 12.2. The Morgan fingerprint density at radius 3 is 2.68 bits per heavy atom. The van der Waals surface area contributed by atoms with Gasteiger partial charge in [-0.25, -0.2) is 4.79 Å². The van der Waals surface area contributed by atoms with Crippen LogP contribution in [-0.4, -0.2) is 19.8 Å². The molecule has 25 heavy (non-hydrogen) atoms. The lowest BCUT2D eigenvalue weighted by Gasteiger charge is -2.14. The van der Waals surface area contributed by atoms with Gasteiger partial charge >= 0.3 is 5.69 Å². The summed E-state index contributed by atoms with van der Waals surface area (Å²) in [6.45, 7) is 4.37. The van der Waals surface area contributed by atoms with Gasteiger partial charge in [0.25, 0.3) is 0 Å². The van der Waals surface area contributed by atoms with E-state index in [0.717, 1.165) is 17.7 Å². The number of benzene rings is 2. The second-order valence-electron chi connectivity index (χ2n) is 5.79. The van der Waals surface area contributed by atoms with Gasteiger partial charge in [-0.15, -0.1) is 0 Å². The number of aryl methyl sites for hydroxylation is 3. The molecular formula is C18H19ClN4O2. The molecule has 0 atom stereocenters. The number of tetrazole rings is 1. The van der Waals surface area contributed by atoms with E-state index in [4.69, 9.17) is 16.3 Å². The third-order valence-corrected chi connectivity index (χ3v) is 4.37. The maximum atomic E-state index is 12.2. The topological polar surface area (TPSA) is 61.9 Å². The summed E-state index contributed by atoms with van der Waals surface area (Å²) < 4.78 is 8.39. The zero-order valence-electron chi connectivity index (χ0n) is 14.4. The number of halogens is 1. The molecule has 0 fully saturated rings. The highest BCUT2D eigenvalue weighted by atomic mass is 35.5. The van der Waals surface area contributed by atoms with E-state index in [9.17, 15) is 4.79 Å². The van der Waals surface area contributed by atoms with Crippen molar-refractivity contribution >= 4 is 11.6 Å². The first-order chi connectivity index (χ1) is 12.0. The lowest BCUT2D eigenvalue weighted by atomic mass is 10.1. The fourth-order valence-electron chi connectivity index (χ4n) is 2.63. The monoisotopic (exact) mass is 358 g/mol. The van der Waals surface area contributed by atoms with E-state index >= 15 is 0 Å². The largest absolute Gasteiger partial charge is 0.488 e. The maximum absolute atomic E-state index is 12.2. The minimum absolute atomic E-state index is 0.230. The van der Waals surface area contributed by atoms with Crippen LogP contribution in [0.25, 0.3) is 5.69 Å². The van der Waals surface area contributed by atoms with E-state index in [1.807, 2.05) is 12.1 Å². The molecule has 0 aliphatic heterocycles. The van der Waals surface area contributed by atoms with Crippen LogP contribution in [0.15, 0.2) is 41.2 Å². The van der Waals surface area contributed by atoms with Crippen LogP contribution in [0.2, 0.25) is 5.02 Å². The molecular weight excluding hydrogens is 340 g/mol. The summed E-state index contributed by atoms with van der Waals surface area (Å²) in [5.41, 5.74) is 3.23. The van der Waals surface area contributed by atoms with Gasteiger partial charge in [-0.05, 0) is 47.5 Å². The van der Waals surface area contributed by atoms with Crippen molar-refractivity contribution in [2.24, 2.45) is 7.05 Å². The molecule has 0 aliphatic rings. The van der Waals surface area contributed by atoms with Crippen molar-refractivity contribution in [3.63, 3.8) is 0 Å². The molecule has 0 unspecified atom stereocenters. The Morgan fingerprint density at radius 2 is 2.00 bits per heavy atom. The minimum atomic E-state index is -0.340. The maximum Gasteiger partial charge on any atom is 0.368 e. The number of hydrogen-bond donors (Lipinski definition) is 0. The second kappa shape index (κ2) is 7.11. The van der Waals surface area contributed by atoms with E-state index in [2.05, 4.69) is 30.3 Å². The van der Waals surface area contributed by atoms with Crippen molar-refractivity contribution in [1.82, 2.24) is 19.8 Å². The lowest BCUT2D eigenvalue weighted by Crippen LogP contribution is -2.23. The first kappa shape index (κ1) is 17.2. The third-order valence-electron chi connectivity index (χ3n) is 4.01. The van der Waals surface area contributed by atoms with Crippen LogP contribution in [0, 0.1) is 6.92 Å². The Morgan fingerprint density at radius 1 is 1.20 bits per heavy atom. The molecule has 0 saturated heterocycles. The molecule has 1 aromatic heterocycles. The molecule has 0 spiro atoms. The highest BCUT2D eigenvalue weighted by molar-refractivity contribution is 6.31. The van der Waals surface area contributed by atoms with Crippen LogP contribution in [0.5, 0.6) is 5.75 Å². The van der Waals surface area contributed by atoms with Crippen molar-refractivity contribution in [2.75, 3.05) is 0 Å². The van der Waals surface area contributed by atoms with Gasteiger partial charge in [-0.1, -0.05) is 42.3 Å². The molecule has 130 valence electrons. The summed E-state index contributed by atoms with van der Waals surface area (Å²) in [6, 6.07) is 11.4. The summed E-state index contributed by atoms with van der Waals surface area (Å²) in [5.74, 6) is 0.811. The molecule has 3 rings (SSSR count). The number of rotatable bonds is 5. The molecule has 7 heteroatoms. The van der Waals surface area contributed by atoms with Gasteiger partial charge in [0.15, 0.2) is 0 Å². The number of nitrogens with zero attached hydrogens (tertiary/aromatic N) is 4. The summed E-state index contributed by atoms with van der Waals surface area (Å²) in [5, 5.41) is 8.16. The van der Waals surface area contributed by atoms with Gasteiger partial charge in [-0.3, -0.25) is 0 Å². The van der Waals surface area contributed by atoms with Gasteiger partial charge in [0.1, 0.15) is 12.4 Å². The fourth-order valence-corrected chi connectivity index (χ4v) is 2.85. The predicted molar refractivity (Wildman–Crippen MR) is 96.5 cm³/mol. The molecule has 0 N–H and O–H groups in total. The fraction of sp³-hybridized carbons (Fsp3) is 0.278. The number of ether oxygens (including phenoxy) is 1. The standard InChI is InChI=1S/C18H19ClN4O2/c1-4-13-10-12(2)8-9-17(13)25-11-14-15(19)6-5-7-16(14)23-18(24)22(3)20-21-23/h5-10H,4,11H2,1-3H3. The molecule has 0 aliphatic carbocycles. The second-order valence-corrected chi connectivity index (χ2v) is 6.19. The molecule has 3 aromatic rings. The van der Waals surface area contributed by atoms with Crippen molar-refractivity contribution in [1.29, 1.82) is 0 Å². The molecule has 2 aromatic carbocycles. The van der Waals surface area contributed by atoms with E-state index < -0.39 is 0 Å². The molecule has 0 bridgehead atoms. The Hall–Kier alpha value is -2.60. The smallest absolute Gasteiger partial charge is 0.368 e. The van der Waals surface area contributed by atoms with E-state index in [1.54, 1.807) is 25.2 Å². The average molecular weight is 359 g/mol. The average Bonchev–Trinajstić information content (AvgIpc) is 2.93. The Kier molecular flexibility index (Phi) is 4.90. The molecule has 0 radical (unpaired) electrons. The highest BCUT2D eigenvalue weighted by Gasteiger charge is 2.15. The number of aromatic nitrogens is 4. The summed E-state index contributed by atoms with van der Waals surface area (Å²) in [6.07, 6.45) is 0.871. The van der Waals surface area contributed by atoms with Crippen molar-refractivity contribution < 1.29 is 4.74 Å². The summed E-state index contributed by atoms with van der Waals surface area (Å²) in [7, 11) is 1.55. The quantitative estimate of drug-likeness (QED) is 0.703. The predicted octanol–water partition coefficient (Wildman–Crippen LogP) is 3.07. The zero-order chi connectivity index (χ0) is 18.0. The van der Waals surface area contributed by atoms with Gasteiger partial charge in [-0.2, -0.15) is 9.36 Å². The molecule has 6 nitrogen and oxygen atoms in total. The SMILES string of the molecule is CCc1cc(C)ccc1OCc1c(Cl)cccc1-n1nnn(C)c1=O. The number of hydrogen-bond acceptors (Lipinski definition) is 4. The molecule has 0 amide bonds. The zero-order valence-corrected chi connectivity index (χ0v) is 15.1. The van der Waals surface area contributed by atoms with Crippen molar-refractivity contribution in [3.8, 4) is 11.4 Å². The van der Waals surface area contributed by atoms with Crippen molar-refractivity contribution in [3.05, 3.63) is 68.6 Å². The van der Waals surface area contributed by atoms with E-state index in [-0.39, 0.29) is 12.3 Å². The highest BCUT2D eigenvalue weighted by Crippen LogP contribution is 2.26. The van der Waals surface area contributed by atoms with Crippen LogP contribution in [-0.2, 0) is 20.1 Å².